The molecule has 1 aliphatic carbocycles. The van der Waals surface area contributed by atoms with Gasteiger partial charge in [-0.05, 0) is 31.0 Å². The van der Waals surface area contributed by atoms with Gasteiger partial charge >= 0.3 is 5.97 Å². The highest BCUT2D eigenvalue weighted by Gasteiger charge is 2.49. The molecule has 0 aliphatic heterocycles. The summed E-state index contributed by atoms with van der Waals surface area (Å²) >= 11 is 0. The van der Waals surface area contributed by atoms with E-state index in [1.807, 2.05) is 30.3 Å². The lowest BCUT2D eigenvalue weighted by molar-refractivity contribution is -0.160. The summed E-state index contributed by atoms with van der Waals surface area (Å²) in [5.41, 5.74) is 0.418. The van der Waals surface area contributed by atoms with Gasteiger partial charge in [0, 0.05) is 6.20 Å². The highest BCUT2D eigenvalue weighted by Crippen LogP contribution is 2.45. The number of nitrogens with zero attached hydrogens (tertiary/aromatic N) is 2. The Labute approximate surface area is 110 Å². The fourth-order valence-corrected chi connectivity index (χ4v) is 2.57. The first-order valence-corrected chi connectivity index (χ1v) is 6.15. The topological polar surface area (TPSA) is 75.3 Å². The van der Waals surface area contributed by atoms with Crippen LogP contribution in [-0.4, -0.2) is 26.0 Å². The second kappa shape index (κ2) is 4.20. The van der Waals surface area contributed by atoms with Crippen LogP contribution < -0.4 is 0 Å². The number of hydrogen-bond donors (Lipinski definition) is 2. The van der Waals surface area contributed by atoms with Gasteiger partial charge in [0.05, 0.1) is 17.3 Å². The van der Waals surface area contributed by atoms with E-state index < -0.39 is 17.5 Å². The van der Waals surface area contributed by atoms with E-state index in [-0.39, 0.29) is 12.8 Å². The predicted molar refractivity (Wildman–Crippen MR) is 67.8 cm³/mol. The van der Waals surface area contributed by atoms with Gasteiger partial charge in [0.2, 0.25) is 0 Å². The van der Waals surface area contributed by atoms with Gasteiger partial charge < -0.3 is 10.2 Å². The van der Waals surface area contributed by atoms with Gasteiger partial charge in [0.1, 0.15) is 5.60 Å². The predicted octanol–water partition coefficient (Wildman–Crippen LogP) is 1.55. The number of carboxylic acid groups (broad SMARTS) is 1. The highest BCUT2D eigenvalue weighted by molar-refractivity contribution is 5.71. The van der Waals surface area contributed by atoms with Gasteiger partial charge in [-0.1, -0.05) is 18.2 Å². The monoisotopic (exact) mass is 258 g/mol. The second-order valence-corrected chi connectivity index (χ2v) is 4.94. The summed E-state index contributed by atoms with van der Waals surface area (Å²) in [6.07, 6.45) is 2.09. The van der Waals surface area contributed by atoms with Crippen LogP contribution in [0.4, 0.5) is 0 Å². The van der Waals surface area contributed by atoms with E-state index in [2.05, 4.69) is 5.10 Å². The second-order valence-electron chi connectivity index (χ2n) is 4.94. The number of hydrogen-bond acceptors (Lipinski definition) is 3. The quantitative estimate of drug-likeness (QED) is 0.876. The van der Waals surface area contributed by atoms with Crippen molar-refractivity contribution in [2.24, 2.45) is 5.92 Å². The third-order valence-electron chi connectivity index (χ3n) is 3.64. The van der Waals surface area contributed by atoms with E-state index in [9.17, 15) is 9.90 Å². The molecule has 2 N–H and O–H groups in total. The smallest absolute Gasteiger partial charge is 0.306 e. The third-order valence-corrected chi connectivity index (χ3v) is 3.64. The van der Waals surface area contributed by atoms with Crippen LogP contribution in [0.1, 0.15) is 18.5 Å². The zero-order valence-corrected chi connectivity index (χ0v) is 10.2. The average Bonchev–Trinajstić information content (AvgIpc) is 2.85. The molecule has 0 saturated heterocycles. The van der Waals surface area contributed by atoms with Crippen molar-refractivity contribution in [1.82, 2.24) is 9.78 Å². The van der Waals surface area contributed by atoms with Gasteiger partial charge in [-0.2, -0.15) is 5.10 Å². The van der Waals surface area contributed by atoms with Gasteiger partial charge in [0.15, 0.2) is 0 Å². The van der Waals surface area contributed by atoms with Crippen molar-refractivity contribution < 1.29 is 15.0 Å². The Morgan fingerprint density at radius 1 is 1.26 bits per heavy atom. The summed E-state index contributed by atoms with van der Waals surface area (Å²) in [7, 11) is 0. The summed E-state index contributed by atoms with van der Waals surface area (Å²) in [5.74, 6) is -1.32. The van der Waals surface area contributed by atoms with Gasteiger partial charge in [-0.15, -0.1) is 0 Å². The van der Waals surface area contributed by atoms with Crippen molar-refractivity contribution in [1.29, 1.82) is 0 Å². The molecule has 0 unspecified atom stereocenters. The lowest BCUT2D eigenvalue weighted by Crippen LogP contribution is -2.45. The standard InChI is InChI=1S/C14H14N2O3/c17-13(18)10-8-14(19,9-10)12-6-7-15-16(12)11-4-2-1-3-5-11/h1-7,10,19H,8-9H2,(H,17,18). The van der Waals surface area contributed by atoms with Gasteiger partial charge in [-0.25, -0.2) is 4.68 Å². The number of carboxylic acids is 1. The Bertz CT molecular complexity index is 600. The molecule has 98 valence electrons. The fourth-order valence-electron chi connectivity index (χ4n) is 2.57. The molecule has 1 heterocycles. The number of para-hydroxylation sites is 1. The summed E-state index contributed by atoms with van der Waals surface area (Å²) in [6, 6.07) is 11.2. The molecule has 0 bridgehead atoms. The van der Waals surface area contributed by atoms with Crippen molar-refractivity contribution in [3.05, 3.63) is 48.3 Å². The van der Waals surface area contributed by atoms with Crippen LogP contribution in [0.15, 0.2) is 42.6 Å². The first kappa shape index (κ1) is 11.9. The maximum atomic E-state index is 10.9. The highest BCUT2D eigenvalue weighted by atomic mass is 16.4. The molecule has 0 radical (unpaired) electrons. The maximum Gasteiger partial charge on any atom is 0.306 e. The first-order valence-electron chi connectivity index (χ1n) is 6.15. The van der Waals surface area contributed by atoms with Crippen LogP contribution in [0.5, 0.6) is 0 Å². The molecular formula is C14H14N2O3. The van der Waals surface area contributed by atoms with Crippen molar-refractivity contribution in [3.8, 4) is 5.69 Å². The number of rotatable bonds is 3. The average molecular weight is 258 g/mol. The largest absolute Gasteiger partial charge is 0.481 e. The van der Waals surface area contributed by atoms with Crippen LogP contribution in [0.2, 0.25) is 0 Å². The Kier molecular flexibility index (Phi) is 2.64. The van der Waals surface area contributed by atoms with E-state index >= 15 is 0 Å². The molecule has 0 spiro atoms. The fraction of sp³-hybridized carbons (Fsp3) is 0.286. The van der Waals surface area contributed by atoms with E-state index in [4.69, 9.17) is 5.11 Å². The Balaban J connectivity index is 1.92. The van der Waals surface area contributed by atoms with E-state index in [0.717, 1.165) is 5.69 Å². The molecule has 1 aromatic heterocycles. The number of aliphatic hydroxyl groups is 1. The minimum Gasteiger partial charge on any atom is -0.481 e. The lowest BCUT2D eigenvalue weighted by Gasteiger charge is -2.41. The third kappa shape index (κ3) is 1.92. The van der Waals surface area contributed by atoms with E-state index in [0.29, 0.717) is 5.69 Å². The molecule has 5 nitrogen and oxygen atoms in total. The molecule has 3 rings (SSSR count). The molecule has 0 amide bonds. The van der Waals surface area contributed by atoms with Crippen LogP contribution >= 0.6 is 0 Å². The van der Waals surface area contributed by atoms with Crippen LogP contribution in [-0.2, 0) is 10.4 Å². The molecule has 2 aromatic rings. The van der Waals surface area contributed by atoms with Gasteiger partial charge in [-0.3, -0.25) is 4.79 Å². The molecule has 19 heavy (non-hydrogen) atoms. The summed E-state index contributed by atoms with van der Waals surface area (Å²) in [6.45, 7) is 0. The van der Waals surface area contributed by atoms with Crippen molar-refractivity contribution >= 4 is 5.97 Å². The lowest BCUT2D eigenvalue weighted by atomic mass is 9.69. The van der Waals surface area contributed by atoms with Gasteiger partial charge in [0.25, 0.3) is 0 Å². The van der Waals surface area contributed by atoms with E-state index in [1.165, 1.54) is 0 Å². The maximum absolute atomic E-state index is 10.9. The molecule has 1 saturated carbocycles. The van der Waals surface area contributed by atoms with Crippen LogP contribution in [0.25, 0.3) is 5.69 Å². The van der Waals surface area contributed by atoms with E-state index in [1.54, 1.807) is 16.9 Å². The molecule has 0 atom stereocenters. The number of aromatic nitrogens is 2. The van der Waals surface area contributed by atoms with Crippen molar-refractivity contribution in [3.63, 3.8) is 0 Å². The number of aliphatic carboxylic acids is 1. The Hall–Kier alpha value is -2.14. The van der Waals surface area contributed by atoms with Crippen LogP contribution in [0, 0.1) is 5.92 Å². The van der Waals surface area contributed by atoms with Crippen molar-refractivity contribution in [2.45, 2.75) is 18.4 Å². The number of carbonyl (C=O) groups is 1. The Morgan fingerprint density at radius 2 is 1.95 bits per heavy atom. The van der Waals surface area contributed by atoms with Crippen molar-refractivity contribution in [2.75, 3.05) is 0 Å². The number of benzene rings is 1. The zero-order valence-electron chi connectivity index (χ0n) is 10.2. The minimum absolute atomic E-state index is 0.237. The summed E-state index contributed by atoms with van der Waals surface area (Å²) in [5, 5.41) is 23.6. The molecule has 5 heteroatoms. The minimum atomic E-state index is -1.09. The van der Waals surface area contributed by atoms with Crippen LogP contribution in [0.3, 0.4) is 0 Å². The molecule has 1 aromatic carbocycles. The molecule has 1 aliphatic rings. The summed E-state index contributed by atoms with van der Waals surface area (Å²) in [4.78, 5) is 10.9. The zero-order chi connectivity index (χ0) is 13.5. The normalized spacial score (nSPS) is 25.8. The Morgan fingerprint density at radius 3 is 2.58 bits per heavy atom. The molecular weight excluding hydrogens is 244 g/mol. The first-order chi connectivity index (χ1) is 9.10. The SMILES string of the molecule is O=C(O)C1CC(O)(c2ccnn2-c2ccccc2)C1. The molecule has 1 fully saturated rings. The summed E-state index contributed by atoms with van der Waals surface area (Å²) < 4.78 is 1.66.